The minimum absolute atomic E-state index is 0.287. The predicted molar refractivity (Wildman–Crippen MR) is 58.7 cm³/mol. The lowest BCUT2D eigenvalue weighted by Crippen LogP contribution is -2.64. The van der Waals surface area contributed by atoms with Crippen LogP contribution < -0.4 is 21.7 Å². The molecule has 0 spiro atoms. The largest absolute Gasteiger partial charge is 0.547 e. The van der Waals surface area contributed by atoms with Gasteiger partial charge in [0.2, 0.25) is 0 Å². The predicted octanol–water partition coefficient (Wildman–Crippen LogP) is -3.02. The molecule has 0 heterocycles. The molecule has 0 aromatic rings. The molecule has 0 amide bonds. The van der Waals surface area contributed by atoms with E-state index in [0.29, 0.717) is 0 Å². The normalized spacial score (nSPS) is 8.67. The van der Waals surface area contributed by atoms with Crippen LogP contribution in [0.5, 0.6) is 0 Å². The van der Waals surface area contributed by atoms with Crippen molar-refractivity contribution in [3.63, 3.8) is 0 Å². The number of hydrogen-bond acceptors (Lipinski definition) is 6. The third-order valence-corrected chi connectivity index (χ3v) is 0.914. The average Bonchev–Trinajstić information content (AvgIpc) is 2.14. The third kappa shape index (κ3) is 47.1. The average molecular weight is 268 g/mol. The SMILES string of the molecule is CC(C)OC(=O)[O-].CC(C)OC(=O)[O-].[NH3+]CC[NH3+]. The number of rotatable bonds is 3. The maximum Gasteiger partial charge on any atom is 0.252 e. The number of carbonyl (C=O) groups excluding carboxylic acids is 2. The van der Waals surface area contributed by atoms with Gasteiger partial charge in [0.25, 0.3) is 12.3 Å². The molecule has 0 rings (SSSR count). The van der Waals surface area contributed by atoms with Crippen molar-refractivity contribution >= 4 is 12.3 Å². The smallest absolute Gasteiger partial charge is 0.252 e. The van der Waals surface area contributed by atoms with Crippen molar-refractivity contribution in [3.05, 3.63) is 0 Å². The first-order valence-corrected chi connectivity index (χ1v) is 5.51. The zero-order valence-electron chi connectivity index (χ0n) is 11.4. The minimum Gasteiger partial charge on any atom is -0.547 e. The Morgan fingerprint density at radius 1 is 0.889 bits per heavy atom. The van der Waals surface area contributed by atoms with Gasteiger partial charge in [-0.15, -0.1) is 0 Å². The zero-order chi connectivity index (χ0) is 15.1. The first-order valence-electron chi connectivity index (χ1n) is 5.51. The maximum atomic E-state index is 9.48. The van der Waals surface area contributed by atoms with Crippen LogP contribution in [0.2, 0.25) is 0 Å². The summed E-state index contributed by atoms with van der Waals surface area (Å²) in [6.45, 7) is 8.40. The summed E-state index contributed by atoms with van der Waals surface area (Å²) in [7, 11) is 0. The molecule has 0 aromatic carbocycles. The van der Waals surface area contributed by atoms with E-state index in [4.69, 9.17) is 0 Å². The molecule has 0 bridgehead atoms. The van der Waals surface area contributed by atoms with Gasteiger partial charge in [-0.2, -0.15) is 0 Å². The Bertz CT molecular complexity index is 187. The number of hydrogen-bond donors (Lipinski definition) is 2. The highest BCUT2D eigenvalue weighted by atomic mass is 16.7. The maximum absolute atomic E-state index is 9.48. The molecule has 0 aliphatic carbocycles. The lowest BCUT2D eigenvalue weighted by Gasteiger charge is -2.10. The number of carbonyl (C=O) groups is 2. The van der Waals surface area contributed by atoms with Gasteiger partial charge in [0.1, 0.15) is 13.1 Å². The van der Waals surface area contributed by atoms with Crippen LogP contribution in [-0.4, -0.2) is 37.6 Å². The van der Waals surface area contributed by atoms with Crippen molar-refractivity contribution in [2.75, 3.05) is 13.1 Å². The van der Waals surface area contributed by atoms with E-state index < -0.39 is 12.3 Å². The van der Waals surface area contributed by atoms with E-state index in [1.165, 1.54) is 0 Å². The molecular weight excluding hydrogens is 244 g/mol. The summed E-state index contributed by atoms with van der Waals surface area (Å²) in [4.78, 5) is 19.0. The van der Waals surface area contributed by atoms with Crippen LogP contribution in [-0.2, 0) is 9.47 Å². The zero-order valence-corrected chi connectivity index (χ0v) is 11.4. The van der Waals surface area contributed by atoms with Gasteiger partial charge in [-0.1, -0.05) is 0 Å². The van der Waals surface area contributed by atoms with Gasteiger partial charge in [0.05, 0.1) is 0 Å². The summed E-state index contributed by atoms with van der Waals surface area (Å²) in [6, 6.07) is 0. The Morgan fingerprint density at radius 2 is 1.11 bits per heavy atom. The van der Waals surface area contributed by atoms with Crippen LogP contribution in [0.3, 0.4) is 0 Å². The summed E-state index contributed by atoms with van der Waals surface area (Å²) in [5.74, 6) is 0. The molecule has 8 nitrogen and oxygen atoms in total. The molecule has 0 aliphatic rings. The molecule has 0 fully saturated rings. The Balaban J connectivity index is -0.000000196. The lowest BCUT2D eigenvalue weighted by molar-refractivity contribution is -0.453. The lowest BCUT2D eigenvalue weighted by atomic mass is 10.5. The fourth-order valence-electron chi connectivity index (χ4n) is 0.385. The highest BCUT2D eigenvalue weighted by Gasteiger charge is 1.86. The fraction of sp³-hybridized carbons (Fsp3) is 0.800. The first kappa shape index (κ1) is 21.7. The van der Waals surface area contributed by atoms with Crippen molar-refractivity contribution < 1.29 is 40.7 Å². The Morgan fingerprint density at radius 3 is 1.11 bits per heavy atom. The molecule has 0 saturated heterocycles. The standard InChI is InChI=1S/2C4H8O3.C2H8N2/c2*1-3(2)7-4(5)6;3-1-2-4/h2*3H,1-2H3,(H,5,6);1-4H2. The molecule has 0 aliphatic heterocycles. The molecule has 0 unspecified atom stereocenters. The van der Waals surface area contributed by atoms with Crippen molar-refractivity contribution in [1.29, 1.82) is 0 Å². The van der Waals surface area contributed by atoms with Gasteiger partial charge in [-0.25, -0.2) is 0 Å². The van der Waals surface area contributed by atoms with Gasteiger partial charge >= 0.3 is 0 Å². The van der Waals surface area contributed by atoms with E-state index in [-0.39, 0.29) is 12.2 Å². The fourth-order valence-corrected chi connectivity index (χ4v) is 0.385. The van der Waals surface area contributed by atoms with Crippen molar-refractivity contribution in [2.24, 2.45) is 0 Å². The van der Waals surface area contributed by atoms with E-state index in [2.05, 4.69) is 20.9 Å². The Hall–Kier alpha value is -1.54. The molecule has 0 atom stereocenters. The first-order chi connectivity index (χ1) is 8.17. The van der Waals surface area contributed by atoms with Gasteiger partial charge < -0.3 is 40.7 Å². The second kappa shape index (κ2) is 15.5. The van der Waals surface area contributed by atoms with Crippen LogP contribution in [0.25, 0.3) is 0 Å². The summed E-state index contributed by atoms with van der Waals surface area (Å²) in [5, 5.41) is 19.0. The van der Waals surface area contributed by atoms with Crippen LogP contribution in [0.4, 0.5) is 9.59 Å². The summed E-state index contributed by atoms with van der Waals surface area (Å²) < 4.78 is 8.11. The quantitative estimate of drug-likeness (QED) is 0.519. The minimum atomic E-state index is -1.46. The van der Waals surface area contributed by atoms with E-state index in [1.807, 2.05) is 0 Å². The van der Waals surface area contributed by atoms with Crippen molar-refractivity contribution in [3.8, 4) is 0 Å². The highest BCUT2D eigenvalue weighted by molar-refractivity contribution is 5.54. The molecule has 8 heteroatoms. The molecule has 0 saturated carbocycles. The molecule has 0 radical (unpaired) electrons. The van der Waals surface area contributed by atoms with Crippen molar-refractivity contribution in [1.82, 2.24) is 0 Å². The number of quaternary nitrogens is 2. The van der Waals surface area contributed by atoms with Gasteiger partial charge in [0.15, 0.2) is 0 Å². The second-order valence-corrected chi connectivity index (χ2v) is 3.54. The third-order valence-electron chi connectivity index (χ3n) is 0.914. The topological polar surface area (TPSA) is 154 Å². The van der Waals surface area contributed by atoms with Crippen molar-refractivity contribution in [2.45, 2.75) is 39.9 Å². The van der Waals surface area contributed by atoms with E-state index in [9.17, 15) is 19.8 Å². The molecular formula is C10H24N2O6. The summed E-state index contributed by atoms with van der Waals surface area (Å²) in [5.41, 5.74) is 7.08. The van der Waals surface area contributed by atoms with Gasteiger partial charge in [-0.05, 0) is 27.7 Å². The van der Waals surface area contributed by atoms with Crippen LogP contribution >= 0.6 is 0 Å². The van der Waals surface area contributed by atoms with Crippen LogP contribution in [0, 0.1) is 0 Å². The van der Waals surface area contributed by atoms with Gasteiger partial charge in [0, 0.05) is 12.2 Å². The molecule has 110 valence electrons. The second-order valence-electron chi connectivity index (χ2n) is 3.54. The van der Waals surface area contributed by atoms with E-state index in [1.54, 1.807) is 27.7 Å². The van der Waals surface area contributed by atoms with Crippen LogP contribution in [0.1, 0.15) is 27.7 Å². The van der Waals surface area contributed by atoms with Crippen LogP contribution in [0.15, 0.2) is 0 Å². The summed E-state index contributed by atoms with van der Waals surface area (Å²) >= 11 is 0. The summed E-state index contributed by atoms with van der Waals surface area (Å²) in [6.07, 6.45) is -3.50. The van der Waals surface area contributed by atoms with Gasteiger partial charge in [-0.3, -0.25) is 0 Å². The Labute approximate surface area is 107 Å². The monoisotopic (exact) mass is 268 g/mol. The number of ether oxygens (including phenoxy) is 2. The Kier molecular flexibility index (Phi) is 18.7. The number of carboxylic acid groups (broad SMARTS) is 2. The highest BCUT2D eigenvalue weighted by Crippen LogP contribution is 1.83. The van der Waals surface area contributed by atoms with E-state index >= 15 is 0 Å². The molecule has 6 N–H and O–H groups in total. The molecule has 18 heavy (non-hydrogen) atoms. The molecule has 0 aromatic heterocycles. The van der Waals surface area contributed by atoms with E-state index in [0.717, 1.165) is 13.1 Å².